The van der Waals surface area contributed by atoms with E-state index in [1.807, 2.05) is 24.3 Å². The summed E-state index contributed by atoms with van der Waals surface area (Å²) >= 11 is 12.2. The van der Waals surface area contributed by atoms with Crippen molar-refractivity contribution < 1.29 is 28.9 Å². The van der Waals surface area contributed by atoms with Crippen LogP contribution in [0.1, 0.15) is 68.7 Å². The molecular formula is C36H35Cl2NO7. The molecule has 0 radical (unpaired) electrons. The van der Waals surface area contributed by atoms with Crippen LogP contribution in [0.5, 0.6) is 17.2 Å². The molecule has 46 heavy (non-hydrogen) atoms. The highest BCUT2D eigenvalue weighted by molar-refractivity contribution is 6.31. The van der Waals surface area contributed by atoms with Crippen molar-refractivity contribution in [1.29, 1.82) is 0 Å². The molecule has 240 valence electrons. The number of halogens is 2. The van der Waals surface area contributed by atoms with Gasteiger partial charge in [0.2, 0.25) is 0 Å². The fourth-order valence-electron chi connectivity index (χ4n) is 6.10. The topological polar surface area (TPSA) is 104 Å². The lowest BCUT2D eigenvalue weighted by Crippen LogP contribution is -2.30. The second kappa shape index (κ2) is 14.4. The predicted octanol–water partition coefficient (Wildman–Crippen LogP) is 7.46. The summed E-state index contributed by atoms with van der Waals surface area (Å²) in [5, 5.41) is 12.2. The van der Waals surface area contributed by atoms with E-state index in [9.17, 15) is 19.5 Å². The van der Waals surface area contributed by atoms with Crippen molar-refractivity contribution in [3.05, 3.63) is 108 Å². The minimum absolute atomic E-state index is 0.102. The van der Waals surface area contributed by atoms with E-state index in [4.69, 9.17) is 37.4 Å². The van der Waals surface area contributed by atoms with Gasteiger partial charge < -0.3 is 23.9 Å². The molecule has 3 aromatic carbocycles. The lowest BCUT2D eigenvalue weighted by atomic mass is 9.98. The molecular weight excluding hydrogens is 629 g/mol. The van der Waals surface area contributed by atoms with Gasteiger partial charge in [-0.3, -0.25) is 9.59 Å². The first-order chi connectivity index (χ1) is 22.2. The van der Waals surface area contributed by atoms with Crippen molar-refractivity contribution in [3.8, 4) is 28.5 Å². The second-order valence-corrected chi connectivity index (χ2v) is 12.1. The number of fused-ring (bicyclic) bond motifs is 4. The van der Waals surface area contributed by atoms with Gasteiger partial charge in [-0.1, -0.05) is 35.3 Å². The third kappa shape index (κ3) is 6.78. The lowest BCUT2D eigenvalue weighted by Gasteiger charge is -2.21. The maximum atomic E-state index is 13.6. The maximum Gasteiger partial charge on any atom is 0.347 e. The standard InChI is InChI=1S/C25H24ClNO6.C11H11ClO/c1-31-17-10-8-15(20(12-17)32-2)13-27-22-18(23(28)21(24(27)29)25(30)33-3)6-4-5-14-7-9-16(26)11-19(14)22;12-9-6-5-8-3-1-2-4-11(13)10(8)7-9/h7-12,28H,4-6,13H2,1-3H3;5-7H,1-4H2. The van der Waals surface area contributed by atoms with Crippen LogP contribution < -0.4 is 15.0 Å². The summed E-state index contributed by atoms with van der Waals surface area (Å²) < 4.78 is 17.1. The van der Waals surface area contributed by atoms with Crippen LogP contribution in [0.15, 0.2) is 59.4 Å². The Morgan fingerprint density at radius 2 is 1.46 bits per heavy atom. The summed E-state index contributed by atoms with van der Waals surface area (Å²) in [6.07, 6.45) is 5.77. The van der Waals surface area contributed by atoms with Gasteiger partial charge in [0.15, 0.2) is 11.3 Å². The Balaban J connectivity index is 0.000000266. The van der Waals surface area contributed by atoms with E-state index in [0.29, 0.717) is 51.2 Å². The monoisotopic (exact) mass is 663 g/mol. The zero-order valence-corrected chi connectivity index (χ0v) is 27.5. The summed E-state index contributed by atoms with van der Waals surface area (Å²) in [5.74, 6) is 0.163. The number of carbonyl (C=O) groups is 2. The van der Waals surface area contributed by atoms with Gasteiger partial charge in [0.25, 0.3) is 5.56 Å². The Morgan fingerprint density at radius 1 is 0.804 bits per heavy atom. The maximum absolute atomic E-state index is 13.6. The first-order valence-corrected chi connectivity index (χ1v) is 15.8. The van der Waals surface area contributed by atoms with Crippen molar-refractivity contribution in [2.75, 3.05) is 21.3 Å². The van der Waals surface area contributed by atoms with Crippen LogP contribution in [0.4, 0.5) is 0 Å². The number of pyridine rings is 1. The number of hydrogen-bond acceptors (Lipinski definition) is 7. The molecule has 0 amide bonds. The predicted molar refractivity (Wildman–Crippen MR) is 178 cm³/mol. The van der Waals surface area contributed by atoms with Crippen LogP contribution in [0.2, 0.25) is 10.0 Å². The molecule has 1 N–H and O–H groups in total. The van der Waals surface area contributed by atoms with E-state index >= 15 is 0 Å². The lowest BCUT2D eigenvalue weighted by molar-refractivity contribution is 0.0594. The number of ketones is 1. The van der Waals surface area contributed by atoms with Crippen LogP contribution in [0.3, 0.4) is 0 Å². The Morgan fingerprint density at radius 3 is 2.13 bits per heavy atom. The first-order valence-electron chi connectivity index (χ1n) is 15.0. The van der Waals surface area contributed by atoms with Gasteiger partial charge in [-0.05, 0) is 86.1 Å². The largest absolute Gasteiger partial charge is 0.506 e. The number of aromatic nitrogens is 1. The molecule has 8 nitrogen and oxygen atoms in total. The summed E-state index contributed by atoms with van der Waals surface area (Å²) in [6.45, 7) is 0.102. The molecule has 0 saturated heterocycles. The zero-order chi connectivity index (χ0) is 33.0. The van der Waals surface area contributed by atoms with Gasteiger partial charge >= 0.3 is 5.97 Å². The number of rotatable bonds is 5. The van der Waals surface area contributed by atoms with Crippen molar-refractivity contribution in [1.82, 2.24) is 4.57 Å². The van der Waals surface area contributed by atoms with Gasteiger partial charge in [-0.25, -0.2) is 4.79 Å². The number of Topliss-reactive ketones (excluding diaryl/α,β-unsaturated/α-hetero) is 1. The molecule has 4 aromatic rings. The number of esters is 1. The molecule has 1 aromatic heterocycles. The summed E-state index contributed by atoms with van der Waals surface area (Å²) in [4.78, 5) is 37.7. The molecule has 0 aliphatic heterocycles. The van der Waals surface area contributed by atoms with Crippen LogP contribution in [-0.4, -0.2) is 42.8 Å². The molecule has 2 aliphatic carbocycles. The number of benzene rings is 3. The van der Waals surface area contributed by atoms with E-state index in [0.717, 1.165) is 54.4 Å². The zero-order valence-electron chi connectivity index (χ0n) is 26.0. The number of aromatic hydroxyl groups is 1. The third-order valence-electron chi connectivity index (χ3n) is 8.42. The Labute approximate surface area is 277 Å². The minimum atomic E-state index is -0.883. The van der Waals surface area contributed by atoms with E-state index in [2.05, 4.69) is 0 Å². The molecule has 0 saturated carbocycles. The minimum Gasteiger partial charge on any atom is -0.506 e. The summed E-state index contributed by atoms with van der Waals surface area (Å²) in [6, 6.07) is 16.5. The fourth-order valence-corrected chi connectivity index (χ4v) is 6.45. The molecule has 0 unspecified atom stereocenters. The van der Waals surface area contributed by atoms with Crippen LogP contribution in [0.25, 0.3) is 11.3 Å². The normalized spacial score (nSPS) is 13.5. The van der Waals surface area contributed by atoms with Crippen molar-refractivity contribution in [2.45, 2.75) is 51.5 Å². The van der Waals surface area contributed by atoms with Crippen LogP contribution in [-0.2, 0) is 30.5 Å². The van der Waals surface area contributed by atoms with E-state index in [1.165, 1.54) is 18.8 Å². The van der Waals surface area contributed by atoms with Crippen LogP contribution in [0, 0.1) is 0 Å². The highest BCUT2D eigenvalue weighted by Gasteiger charge is 2.30. The Hall–Kier alpha value is -4.27. The number of hydrogen-bond donors (Lipinski definition) is 1. The number of methoxy groups -OCH3 is 3. The van der Waals surface area contributed by atoms with Crippen molar-refractivity contribution >= 4 is 35.0 Å². The van der Waals surface area contributed by atoms with Crippen LogP contribution >= 0.6 is 23.2 Å². The highest BCUT2D eigenvalue weighted by Crippen LogP contribution is 2.39. The average Bonchev–Trinajstić information content (AvgIpc) is 3.36. The molecule has 10 heteroatoms. The first kappa shape index (κ1) is 33.1. The highest BCUT2D eigenvalue weighted by atomic mass is 35.5. The SMILES string of the molecule is COC(=O)c1c(O)c2c(n(Cc3ccc(OC)cc3OC)c1=O)-c1cc(Cl)ccc1CCC2.O=C1CCCCc2ccc(Cl)cc21. The number of carbonyl (C=O) groups excluding carboxylic acids is 2. The molecule has 0 fully saturated rings. The van der Waals surface area contributed by atoms with Gasteiger partial charge in [0.1, 0.15) is 17.2 Å². The number of aryl methyl sites for hydroxylation is 2. The second-order valence-electron chi connectivity index (χ2n) is 11.2. The fraction of sp³-hybridized carbons (Fsp3) is 0.306. The van der Waals surface area contributed by atoms with Crippen molar-refractivity contribution in [3.63, 3.8) is 0 Å². The van der Waals surface area contributed by atoms with E-state index in [1.54, 1.807) is 37.4 Å². The molecule has 0 atom stereocenters. The Bertz CT molecular complexity index is 1860. The molecule has 0 bridgehead atoms. The van der Waals surface area contributed by atoms with E-state index < -0.39 is 11.5 Å². The number of nitrogens with zero attached hydrogens (tertiary/aromatic N) is 1. The average molecular weight is 665 g/mol. The number of ether oxygens (including phenoxy) is 3. The van der Waals surface area contributed by atoms with E-state index in [-0.39, 0.29) is 23.6 Å². The molecule has 2 aliphatic rings. The third-order valence-corrected chi connectivity index (χ3v) is 8.89. The summed E-state index contributed by atoms with van der Waals surface area (Å²) in [7, 11) is 4.27. The van der Waals surface area contributed by atoms with Gasteiger partial charge in [-0.15, -0.1) is 0 Å². The molecule has 1 heterocycles. The van der Waals surface area contributed by atoms with Crippen molar-refractivity contribution in [2.24, 2.45) is 0 Å². The van der Waals surface area contributed by atoms with Gasteiger partial charge in [-0.2, -0.15) is 0 Å². The Kier molecular flexibility index (Phi) is 10.4. The van der Waals surface area contributed by atoms with Gasteiger partial charge in [0, 0.05) is 44.8 Å². The molecule has 0 spiro atoms. The summed E-state index contributed by atoms with van der Waals surface area (Å²) in [5.41, 5.74) is 4.50. The van der Waals surface area contributed by atoms with Gasteiger partial charge in [0.05, 0.1) is 33.6 Å². The molecule has 6 rings (SSSR count). The quantitative estimate of drug-likeness (QED) is 0.175. The smallest absolute Gasteiger partial charge is 0.347 e.